The number of aromatic amines is 1. The summed E-state index contributed by atoms with van der Waals surface area (Å²) in [5.41, 5.74) is 52.4. The molecule has 15 atom stereocenters. The van der Waals surface area contributed by atoms with Crippen molar-refractivity contribution in [1.82, 2.24) is 95.0 Å². The van der Waals surface area contributed by atoms with Crippen LogP contribution in [0.1, 0.15) is 162 Å². The molecule has 2 heterocycles. The monoisotopic (exact) mass is 1960 g/mol. The number of aromatic nitrogens is 1. The maximum absolute atomic E-state index is 14.5. The number of nitrogens with zero attached hydrogens (tertiary/aromatic N) is 3. The van der Waals surface area contributed by atoms with E-state index in [2.05, 4.69) is 100 Å². The van der Waals surface area contributed by atoms with Crippen LogP contribution in [0.2, 0.25) is 0 Å². The lowest BCUT2D eigenvalue weighted by Gasteiger charge is -2.28. The van der Waals surface area contributed by atoms with Gasteiger partial charge in [0.25, 0.3) is 0 Å². The topological polar surface area (TPSA) is 855 Å². The van der Waals surface area contributed by atoms with E-state index in [1.165, 1.54) is 13.8 Å². The number of H-pyrrole nitrogens is 1. The molecule has 0 aliphatic carbocycles. The number of unbranched alkanes of at least 4 members (excludes halogenated alkanes) is 3. The number of guanidine groups is 2. The SMILES string of the molecule is CC(=O)N[C@@H](Cc1c[nH]c2ccccc12)C(=O)N[C@@H](Cc1ccccc1)C(=O)N[C@H](C(=O)NCC(=O)N[C@@H](CC(C)C)C(=O)N[C@@H](CCCCN)C(=O)N[C@@H](CCCCN)C(=O)N[C@@H](CC(N)=O)C(=O)NCC(=O)N[C@@H](CO)C(=O)N[C@@H](CO)C(=O)N[C@@H](CCCCN)C(=O)N[C@@H](CCCN=C(N)N)C(=O)NCC(=O)N1CCC[C@@H]1C(=O)N[C@@H](CCCN=C(N)N)C(=O)N[C@H](C(N)=O)[C@@H](C)O)C(C)C. The van der Waals surface area contributed by atoms with E-state index in [0.29, 0.717) is 31.2 Å². The third-order valence-electron chi connectivity index (χ3n) is 22.1. The second-order valence-corrected chi connectivity index (χ2v) is 34.4. The Labute approximate surface area is 804 Å². The van der Waals surface area contributed by atoms with Crippen LogP contribution in [0, 0.1) is 11.8 Å². The third-order valence-corrected chi connectivity index (χ3v) is 22.1. The molecule has 0 spiro atoms. The molecule has 19 amide bonds. The van der Waals surface area contributed by atoms with Crippen LogP contribution in [0.5, 0.6) is 0 Å². The fourth-order valence-corrected chi connectivity index (χ4v) is 14.8. The van der Waals surface area contributed by atoms with Crippen LogP contribution in [0.3, 0.4) is 0 Å². The molecular formula is C88H143N29O22. The molecule has 1 saturated heterocycles. The van der Waals surface area contributed by atoms with E-state index in [1.54, 1.807) is 64.2 Å². The number of aliphatic hydroxyl groups is 3. The molecule has 38 N–H and O–H groups in total. The van der Waals surface area contributed by atoms with Gasteiger partial charge in [-0.25, -0.2) is 0 Å². The second kappa shape index (κ2) is 62.1. The minimum atomic E-state index is -1.94. The Balaban J connectivity index is 1.44. The van der Waals surface area contributed by atoms with Gasteiger partial charge in [-0.3, -0.25) is 101 Å². The molecular weight excluding hydrogens is 1820 g/mol. The van der Waals surface area contributed by atoms with Crippen LogP contribution in [-0.4, -0.2) is 312 Å². The van der Waals surface area contributed by atoms with Gasteiger partial charge in [0.15, 0.2) is 11.9 Å². The van der Waals surface area contributed by atoms with Crippen molar-refractivity contribution in [3.05, 3.63) is 71.9 Å². The van der Waals surface area contributed by atoms with E-state index >= 15 is 0 Å². The van der Waals surface area contributed by atoms with Gasteiger partial charge in [-0.05, 0) is 158 Å². The first-order valence-corrected chi connectivity index (χ1v) is 46.3. The quantitative estimate of drug-likeness (QED) is 0.0142. The van der Waals surface area contributed by atoms with E-state index in [1.807, 2.05) is 24.3 Å². The van der Waals surface area contributed by atoms with Gasteiger partial charge < -0.3 is 162 Å². The van der Waals surface area contributed by atoms with Crippen LogP contribution in [0.25, 0.3) is 10.9 Å². The van der Waals surface area contributed by atoms with Crippen molar-refractivity contribution < 1.29 is 106 Å². The Hall–Kier alpha value is -13.8. The lowest BCUT2D eigenvalue weighted by atomic mass is 10.00. The number of para-hydroxylation sites is 1. The molecule has 51 heteroatoms. The predicted octanol–water partition coefficient (Wildman–Crippen LogP) is -10.5. The summed E-state index contributed by atoms with van der Waals surface area (Å²) in [7, 11) is 0. The molecule has 0 bridgehead atoms. The normalized spacial score (nSPS) is 15.2. The summed E-state index contributed by atoms with van der Waals surface area (Å²) < 4.78 is 0. The molecule has 4 rings (SSSR count). The van der Waals surface area contributed by atoms with E-state index < -0.39 is 248 Å². The molecule has 2 aromatic carbocycles. The van der Waals surface area contributed by atoms with Gasteiger partial charge in [0.2, 0.25) is 112 Å². The number of likely N-dealkylation sites (tertiary alicyclic amines) is 1. The second-order valence-electron chi connectivity index (χ2n) is 34.4. The van der Waals surface area contributed by atoms with Crippen molar-refractivity contribution in [3.63, 3.8) is 0 Å². The summed E-state index contributed by atoms with van der Waals surface area (Å²) in [6.07, 6.45) is 0.864. The Morgan fingerprint density at radius 1 is 0.432 bits per heavy atom. The largest absolute Gasteiger partial charge is 0.394 e. The smallest absolute Gasteiger partial charge is 0.245 e. The van der Waals surface area contributed by atoms with Crippen molar-refractivity contribution in [2.24, 2.45) is 73.4 Å². The van der Waals surface area contributed by atoms with E-state index in [4.69, 9.17) is 51.6 Å². The maximum atomic E-state index is 14.5. The van der Waals surface area contributed by atoms with Gasteiger partial charge >= 0.3 is 0 Å². The van der Waals surface area contributed by atoms with Crippen molar-refractivity contribution in [2.75, 3.05) is 72.1 Å². The van der Waals surface area contributed by atoms with Crippen LogP contribution in [0.15, 0.2) is 70.8 Å². The number of fused-ring (bicyclic) bond motifs is 1. The van der Waals surface area contributed by atoms with E-state index in [-0.39, 0.29) is 147 Å². The molecule has 1 fully saturated rings. The van der Waals surface area contributed by atoms with Crippen LogP contribution in [0.4, 0.5) is 0 Å². The number of rotatable bonds is 65. The minimum absolute atomic E-state index is 0.0118. The molecule has 1 aromatic heterocycles. The number of carbonyl (C=O) groups excluding carboxylic acids is 19. The summed E-state index contributed by atoms with van der Waals surface area (Å²) in [4.78, 5) is 274. The minimum Gasteiger partial charge on any atom is -0.394 e. The standard InChI is InChI=1S/C88H143N29O22/c1-47(2)37-60(105-68(123)43-102-86(139)71(48(3)4)115-82(135)61(38-51-21-8-7-9-22-51)112-81(134)62(104-50(6)121)39-52-41-100-54-24-11-10-23-53(52)54)80(133)109-56(25-12-15-31-89)77(130)108-58(27-14-17-33-91)78(131)113-63(40-67(92)122)75(128)101-42-69(124)106-64(45-118)83(136)114-65(46-119)84(137)110-57(26-13-16-32-90)76(129)107-55(28-18-34-98-87(94)95)74(127)103-44-70(125)117-36-20-30-66(117)85(138)111-59(29-19-35-99-88(96)97)79(132)116-72(49(5)120)73(93)126/h7-11,21-24,41,47-49,55-66,71-72,100,118-120H,12-20,25-40,42-46,89-91H2,1-6H3,(H2,92,122)(H2,93,126)(H,101,128)(H,102,139)(H,103,127)(H,104,121)(H,105,123)(H,106,124)(H,107,129)(H,108,130)(H,109,133)(H,110,137)(H,111,138)(H,112,134)(H,113,131)(H,114,136)(H,115,135)(H,116,132)(H4,94,95,98)(H4,96,97,99)/t49-,55+,56+,57+,58+,59+,60+,61+,62+,63+,64+,65+,66-,71+,72+/m1/s1. The zero-order valence-corrected chi connectivity index (χ0v) is 79.4. The molecule has 0 saturated carbocycles. The highest BCUT2D eigenvalue weighted by molar-refractivity contribution is 6.02. The maximum Gasteiger partial charge on any atom is 0.245 e. The number of nitrogens with two attached hydrogens (primary N) is 9. The van der Waals surface area contributed by atoms with Gasteiger partial charge in [0, 0.05) is 56.5 Å². The molecule has 51 nitrogen and oxygen atoms in total. The van der Waals surface area contributed by atoms with Gasteiger partial charge in [-0.2, -0.15) is 0 Å². The number of benzene rings is 2. The van der Waals surface area contributed by atoms with Crippen LogP contribution >= 0.6 is 0 Å². The molecule has 0 unspecified atom stereocenters. The van der Waals surface area contributed by atoms with Crippen molar-refractivity contribution >= 4 is 135 Å². The lowest BCUT2D eigenvalue weighted by Crippen LogP contribution is -2.60. The predicted molar refractivity (Wildman–Crippen MR) is 508 cm³/mol. The van der Waals surface area contributed by atoms with Crippen LogP contribution in [-0.2, 0) is 104 Å². The average Bonchev–Trinajstić information content (AvgIpc) is 1.67. The number of aliphatic hydroxyl groups excluding tert-OH is 3. The zero-order valence-electron chi connectivity index (χ0n) is 79.4. The Kier molecular flexibility index (Phi) is 52.5. The average molecular weight is 1960 g/mol. The third kappa shape index (κ3) is 42.8. The fraction of sp³-hybridized carbons (Fsp3) is 0.602. The number of carbonyl (C=O) groups is 19. The number of amides is 19. The van der Waals surface area contributed by atoms with Gasteiger partial charge in [0.1, 0.15) is 84.6 Å². The summed E-state index contributed by atoms with van der Waals surface area (Å²) in [5.74, 6) is -19.5. The lowest BCUT2D eigenvalue weighted by molar-refractivity contribution is -0.140. The molecule has 1 aliphatic rings. The fourth-order valence-electron chi connectivity index (χ4n) is 14.8. The number of aliphatic imine (C=N–C) groups is 2. The van der Waals surface area contributed by atoms with Gasteiger partial charge in [0.05, 0.1) is 45.4 Å². The van der Waals surface area contributed by atoms with Gasteiger partial charge in [-0.1, -0.05) is 76.2 Å². The number of hydrogen-bond acceptors (Lipinski definition) is 27. The highest BCUT2D eigenvalue weighted by atomic mass is 16.3. The first-order chi connectivity index (χ1) is 65.9. The highest BCUT2D eigenvalue weighted by Gasteiger charge is 2.41. The molecule has 139 heavy (non-hydrogen) atoms. The first kappa shape index (κ1) is 118. The molecule has 772 valence electrons. The summed E-state index contributed by atoms with van der Waals surface area (Å²) >= 11 is 0. The molecule has 0 radical (unpaired) electrons. The summed E-state index contributed by atoms with van der Waals surface area (Å²) in [5, 5.41) is 71.4. The van der Waals surface area contributed by atoms with Crippen molar-refractivity contribution in [2.45, 2.75) is 254 Å². The highest BCUT2D eigenvalue weighted by Crippen LogP contribution is 2.22. The number of hydrogen-bond donors (Lipinski definition) is 29. The summed E-state index contributed by atoms with van der Waals surface area (Å²) in [6, 6.07) is -4.76. The Morgan fingerprint density at radius 3 is 1.32 bits per heavy atom. The Morgan fingerprint density at radius 2 is 0.835 bits per heavy atom. The molecule has 3 aromatic rings. The van der Waals surface area contributed by atoms with Crippen LogP contribution < -0.4 is 137 Å². The zero-order chi connectivity index (χ0) is 104. The van der Waals surface area contributed by atoms with Crippen molar-refractivity contribution in [3.8, 4) is 0 Å². The molecule has 1 aliphatic heterocycles. The number of nitrogens with one attached hydrogen (secondary N) is 17. The van der Waals surface area contributed by atoms with E-state index in [0.717, 1.165) is 21.4 Å². The summed E-state index contributed by atoms with van der Waals surface area (Å²) in [6.45, 7) is 4.78. The Bertz CT molecular complexity index is 4660. The van der Waals surface area contributed by atoms with Crippen molar-refractivity contribution in [1.29, 1.82) is 0 Å². The first-order valence-electron chi connectivity index (χ1n) is 46.3. The van der Waals surface area contributed by atoms with E-state index in [9.17, 15) is 106 Å². The number of primary amides is 2. The van der Waals surface area contributed by atoms with Gasteiger partial charge in [-0.15, -0.1) is 0 Å².